The molecule has 408 valence electrons. The Kier molecular flexibility index (Phi) is 39.4. The van der Waals surface area contributed by atoms with Gasteiger partial charge in [-0.3, -0.25) is 4.79 Å². The SMILES string of the molecule is CC/C=C\C/C=C\C/C=C\C/C=C\C/C=C\CCCCOCC(COC1OC(COC2OC(CO)C(O)C(O)C2O)C(O)C(O)C1O)OC(=O)CCCCCCCCCCC/C=C\C/C=C\CCCCC. The average molecular weight is 1010 g/mol. The Balaban J connectivity index is 1.77. The van der Waals surface area contributed by atoms with E-state index in [1.54, 1.807) is 0 Å². The van der Waals surface area contributed by atoms with Crippen LogP contribution in [0, 0.1) is 0 Å². The topological polar surface area (TPSA) is 214 Å². The number of unbranched alkanes of at least 4 members (excludes halogenated alkanes) is 14. The summed E-state index contributed by atoms with van der Waals surface area (Å²) < 4.78 is 34.3. The molecule has 0 radical (unpaired) electrons. The molecular weight excluding hydrogens is 909 g/mol. The molecule has 0 bridgehead atoms. The first-order chi connectivity index (χ1) is 34.6. The second-order valence-corrected chi connectivity index (χ2v) is 18.7. The van der Waals surface area contributed by atoms with Crippen molar-refractivity contribution in [1.82, 2.24) is 0 Å². The molecule has 11 atom stereocenters. The molecule has 2 aliphatic heterocycles. The van der Waals surface area contributed by atoms with Crippen LogP contribution < -0.4 is 0 Å². The number of aliphatic hydroxyl groups is 7. The predicted molar refractivity (Wildman–Crippen MR) is 279 cm³/mol. The predicted octanol–water partition coefficient (Wildman–Crippen LogP) is 8.85. The normalized spacial score (nSPS) is 26.0. The van der Waals surface area contributed by atoms with E-state index in [0.717, 1.165) is 83.5 Å². The summed E-state index contributed by atoms with van der Waals surface area (Å²) in [6, 6.07) is 0. The van der Waals surface area contributed by atoms with Crippen molar-refractivity contribution in [2.24, 2.45) is 0 Å². The van der Waals surface area contributed by atoms with E-state index in [2.05, 4.69) is 98.9 Å². The van der Waals surface area contributed by atoms with E-state index in [4.69, 9.17) is 28.4 Å². The van der Waals surface area contributed by atoms with E-state index < -0.39 is 86.7 Å². The molecule has 2 rings (SSSR count). The van der Waals surface area contributed by atoms with Crippen molar-refractivity contribution in [3.05, 3.63) is 85.1 Å². The fourth-order valence-corrected chi connectivity index (χ4v) is 7.99. The maximum absolute atomic E-state index is 13.0. The summed E-state index contributed by atoms with van der Waals surface area (Å²) in [6.07, 6.45) is 39.3. The molecule has 0 amide bonds. The van der Waals surface area contributed by atoms with Gasteiger partial charge in [-0.2, -0.15) is 0 Å². The van der Waals surface area contributed by atoms with Crippen LogP contribution in [0.2, 0.25) is 0 Å². The third-order valence-electron chi connectivity index (χ3n) is 12.4. The lowest BCUT2D eigenvalue weighted by Gasteiger charge is -2.42. The van der Waals surface area contributed by atoms with Gasteiger partial charge in [0.2, 0.25) is 0 Å². The Morgan fingerprint density at radius 2 is 0.915 bits per heavy atom. The molecule has 2 saturated heterocycles. The van der Waals surface area contributed by atoms with Crippen molar-refractivity contribution in [1.29, 1.82) is 0 Å². The van der Waals surface area contributed by atoms with Crippen LogP contribution in [0.15, 0.2) is 85.1 Å². The van der Waals surface area contributed by atoms with Gasteiger partial charge in [0.25, 0.3) is 0 Å². The summed E-state index contributed by atoms with van der Waals surface area (Å²) in [4.78, 5) is 13.0. The van der Waals surface area contributed by atoms with E-state index in [0.29, 0.717) is 13.0 Å². The second kappa shape index (κ2) is 43.6. The highest BCUT2D eigenvalue weighted by molar-refractivity contribution is 5.69. The fraction of sp³-hybridized carbons (Fsp3) is 0.737. The van der Waals surface area contributed by atoms with E-state index >= 15 is 0 Å². The Hall–Kier alpha value is -2.83. The lowest BCUT2D eigenvalue weighted by molar-refractivity contribution is -0.332. The average Bonchev–Trinajstić information content (AvgIpc) is 3.37. The van der Waals surface area contributed by atoms with Crippen molar-refractivity contribution in [2.75, 3.05) is 33.0 Å². The van der Waals surface area contributed by atoms with E-state index in [-0.39, 0.29) is 19.6 Å². The zero-order valence-electron chi connectivity index (χ0n) is 43.4. The molecular formula is C57H96O14. The Bertz CT molecular complexity index is 1490. The van der Waals surface area contributed by atoms with Crippen LogP contribution in [0.25, 0.3) is 0 Å². The Morgan fingerprint density at radius 1 is 0.479 bits per heavy atom. The molecule has 14 nitrogen and oxygen atoms in total. The van der Waals surface area contributed by atoms with Crippen molar-refractivity contribution in [3.8, 4) is 0 Å². The summed E-state index contributed by atoms with van der Waals surface area (Å²) in [7, 11) is 0. The number of allylic oxidation sites excluding steroid dienone is 14. The minimum Gasteiger partial charge on any atom is -0.457 e. The first kappa shape index (κ1) is 64.3. The molecule has 0 aliphatic carbocycles. The highest BCUT2D eigenvalue weighted by atomic mass is 16.7. The fourth-order valence-electron chi connectivity index (χ4n) is 7.99. The standard InChI is InChI=1S/C57H96O14/c1-3-5-7-9-11-13-15-17-19-21-23-24-26-28-30-32-34-36-38-40-49(59)69-46(43-66-41-39-37-35-33-31-29-27-25-22-20-18-16-14-12-10-8-6-4-2)44-67-56-55(65)53(63)51(61)48(71-56)45-68-57-54(64)52(62)50(60)47(42-58)70-57/h6,8,11-14,17-20,25,27,31,33,46-48,50-58,60-65H,3-5,7,9-10,15-16,21-24,26,28-30,32,34-45H2,1-2H3/b8-6-,13-11-,14-12-,19-17-,20-18-,27-25-,33-31-. The monoisotopic (exact) mass is 1000 g/mol. The number of ether oxygens (including phenoxy) is 6. The van der Waals surface area contributed by atoms with Gasteiger partial charge in [-0.1, -0.05) is 157 Å². The van der Waals surface area contributed by atoms with Gasteiger partial charge >= 0.3 is 5.97 Å². The third-order valence-corrected chi connectivity index (χ3v) is 12.4. The number of hydrogen-bond acceptors (Lipinski definition) is 14. The van der Waals surface area contributed by atoms with Crippen LogP contribution in [-0.2, 0) is 33.2 Å². The van der Waals surface area contributed by atoms with E-state index in [9.17, 15) is 40.5 Å². The molecule has 0 spiro atoms. The molecule has 2 aliphatic rings. The van der Waals surface area contributed by atoms with Gasteiger partial charge in [-0.15, -0.1) is 0 Å². The molecule has 0 aromatic heterocycles. The Labute approximate surface area is 427 Å². The molecule has 11 unspecified atom stereocenters. The van der Waals surface area contributed by atoms with E-state index in [1.165, 1.54) is 57.8 Å². The Morgan fingerprint density at radius 3 is 1.44 bits per heavy atom. The van der Waals surface area contributed by atoms with Gasteiger partial charge < -0.3 is 64.2 Å². The summed E-state index contributed by atoms with van der Waals surface area (Å²) >= 11 is 0. The van der Waals surface area contributed by atoms with Gasteiger partial charge in [0.15, 0.2) is 12.6 Å². The quantitative estimate of drug-likeness (QED) is 0.0173. The molecule has 71 heavy (non-hydrogen) atoms. The highest BCUT2D eigenvalue weighted by Crippen LogP contribution is 2.26. The van der Waals surface area contributed by atoms with Gasteiger partial charge in [-0.25, -0.2) is 0 Å². The van der Waals surface area contributed by atoms with Gasteiger partial charge in [0.05, 0.1) is 26.4 Å². The zero-order chi connectivity index (χ0) is 51.6. The highest BCUT2D eigenvalue weighted by Gasteiger charge is 2.47. The number of carbonyl (C=O) groups is 1. The minimum absolute atomic E-state index is 0.0257. The van der Waals surface area contributed by atoms with Gasteiger partial charge in [0, 0.05) is 13.0 Å². The van der Waals surface area contributed by atoms with Crippen LogP contribution in [0.4, 0.5) is 0 Å². The van der Waals surface area contributed by atoms with Gasteiger partial charge in [0.1, 0.15) is 54.9 Å². The lowest BCUT2D eigenvalue weighted by atomic mass is 9.98. The maximum Gasteiger partial charge on any atom is 0.306 e. The van der Waals surface area contributed by atoms with Crippen molar-refractivity contribution in [3.63, 3.8) is 0 Å². The van der Waals surface area contributed by atoms with Gasteiger partial charge in [-0.05, 0) is 89.9 Å². The molecule has 0 saturated carbocycles. The summed E-state index contributed by atoms with van der Waals surface area (Å²) in [5.74, 6) is -0.399. The van der Waals surface area contributed by atoms with Crippen LogP contribution in [-0.4, -0.2) is 142 Å². The molecule has 0 aromatic rings. The molecule has 14 heteroatoms. The largest absolute Gasteiger partial charge is 0.457 e. The lowest BCUT2D eigenvalue weighted by Crippen LogP contribution is -2.61. The number of rotatable bonds is 42. The van der Waals surface area contributed by atoms with Crippen LogP contribution in [0.1, 0.15) is 168 Å². The maximum atomic E-state index is 13.0. The molecule has 0 aromatic carbocycles. The number of aliphatic hydroxyl groups excluding tert-OH is 7. The minimum atomic E-state index is -1.72. The van der Waals surface area contributed by atoms with Crippen LogP contribution in [0.5, 0.6) is 0 Å². The molecule has 7 N–H and O–H groups in total. The molecule has 2 heterocycles. The van der Waals surface area contributed by atoms with Crippen LogP contribution in [0.3, 0.4) is 0 Å². The van der Waals surface area contributed by atoms with Crippen molar-refractivity contribution < 1.29 is 69.0 Å². The summed E-state index contributed by atoms with van der Waals surface area (Å²) in [5.41, 5.74) is 0. The van der Waals surface area contributed by atoms with E-state index in [1.807, 2.05) is 0 Å². The third kappa shape index (κ3) is 30.8. The number of carbonyl (C=O) groups excluding carboxylic acids is 1. The second-order valence-electron chi connectivity index (χ2n) is 18.7. The number of hydrogen-bond donors (Lipinski definition) is 7. The van der Waals surface area contributed by atoms with Crippen molar-refractivity contribution >= 4 is 5.97 Å². The first-order valence-electron chi connectivity index (χ1n) is 27.2. The summed E-state index contributed by atoms with van der Waals surface area (Å²) in [5, 5.41) is 72.2. The smallest absolute Gasteiger partial charge is 0.306 e. The molecule has 2 fully saturated rings. The zero-order valence-corrected chi connectivity index (χ0v) is 43.4. The van der Waals surface area contributed by atoms with Crippen LogP contribution >= 0.6 is 0 Å². The van der Waals surface area contributed by atoms with Crippen molar-refractivity contribution in [2.45, 2.75) is 235 Å². The summed E-state index contributed by atoms with van der Waals surface area (Å²) in [6.45, 7) is 3.42. The number of esters is 1. The first-order valence-corrected chi connectivity index (χ1v) is 27.2.